The summed E-state index contributed by atoms with van der Waals surface area (Å²) in [5.41, 5.74) is 0.222. The van der Waals surface area contributed by atoms with Gasteiger partial charge in [0, 0.05) is 6.07 Å². The fourth-order valence-electron chi connectivity index (χ4n) is 1.38. The second-order valence-corrected chi connectivity index (χ2v) is 4.14. The smallest absolute Gasteiger partial charge is 0.277 e. The summed E-state index contributed by atoms with van der Waals surface area (Å²) < 4.78 is 18.6. The van der Waals surface area contributed by atoms with Gasteiger partial charge in [0.25, 0.3) is 5.69 Å². The minimum Gasteiger partial charge on any atom is -0.439 e. The Morgan fingerprint density at radius 3 is 2.74 bits per heavy atom. The first-order chi connectivity index (χ1) is 8.95. The molecular weight excluding hydrogens is 275 g/mol. The first-order valence-corrected chi connectivity index (χ1v) is 5.59. The van der Waals surface area contributed by atoms with Crippen LogP contribution in [0.1, 0.15) is 5.56 Å². The summed E-state index contributed by atoms with van der Waals surface area (Å²) in [6.07, 6.45) is 0. The lowest BCUT2D eigenvalue weighted by Crippen LogP contribution is -1.94. The summed E-state index contributed by atoms with van der Waals surface area (Å²) >= 11 is 5.65. The van der Waals surface area contributed by atoms with E-state index in [4.69, 9.17) is 16.3 Å². The second kappa shape index (κ2) is 5.19. The normalized spacial score (nSPS) is 10.3. The number of aromatic nitrogens is 1. The maximum atomic E-state index is 13.3. The Morgan fingerprint density at radius 1 is 1.37 bits per heavy atom. The summed E-state index contributed by atoms with van der Waals surface area (Å²) in [5, 5.41) is 10.6. The van der Waals surface area contributed by atoms with Crippen molar-refractivity contribution in [1.82, 2.24) is 4.98 Å². The van der Waals surface area contributed by atoms with E-state index in [1.165, 1.54) is 18.2 Å². The Labute approximate surface area is 112 Å². The van der Waals surface area contributed by atoms with Gasteiger partial charge in [-0.25, -0.2) is 9.37 Å². The average molecular weight is 283 g/mol. The Balaban J connectivity index is 2.32. The van der Waals surface area contributed by atoms with Crippen LogP contribution in [0.25, 0.3) is 0 Å². The molecule has 0 unspecified atom stereocenters. The summed E-state index contributed by atoms with van der Waals surface area (Å²) in [7, 11) is 0. The number of hydrogen-bond acceptors (Lipinski definition) is 4. The second-order valence-electron chi connectivity index (χ2n) is 3.76. The number of rotatable bonds is 3. The van der Waals surface area contributed by atoms with Crippen LogP contribution in [-0.4, -0.2) is 9.91 Å². The number of ether oxygens (including phenoxy) is 1. The van der Waals surface area contributed by atoms with Crippen molar-refractivity contribution in [1.29, 1.82) is 0 Å². The third kappa shape index (κ3) is 3.17. The standard InChI is InChI=1S/C12H8ClFN2O3/c1-7-2-3-9(6-10(7)14)19-12-5-8(16(17)18)4-11(13)15-12/h2-6H,1H3. The van der Waals surface area contributed by atoms with Gasteiger partial charge in [0.05, 0.1) is 17.1 Å². The van der Waals surface area contributed by atoms with Crippen molar-refractivity contribution in [3.8, 4) is 11.6 Å². The highest BCUT2D eigenvalue weighted by molar-refractivity contribution is 6.29. The van der Waals surface area contributed by atoms with Gasteiger partial charge in [-0.2, -0.15) is 0 Å². The third-order valence-corrected chi connectivity index (χ3v) is 2.53. The van der Waals surface area contributed by atoms with Gasteiger partial charge in [-0.05, 0) is 18.6 Å². The van der Waals surface area contributed by atoms with Gasteiger partial charge in [0.2, 0.25) is 5.88 Å². The number of halogens is 2. The molecule has 0 aliphatic heterocycles. The summed E-state index contributed by atoms with van der Waals surface area (Å²) in [5.74, 6) is -0.316. The molecule has 0 saturated heterocycles. The lowest BCUT2D eigenvalue weighted by molar-refractivity contribution is -0.385. The van der Waals surface area contributed by atoms with E-state index < -0.39 is 10.7 Å². The fraction of sp³-hybridized carbons (Fsp3) is 0.0833. The maximum Gasteiger partial charge on any atom is 0.277 e. The van der Waals surface area contributed by atoms with Gasteiger partial charge < -0.3 is 4.74 Å². The summed E-state index contributed by atoms with van der Waals surface area (Å²) in [6, 6.07) is 6.45. The lowest BCUT2D eigenvalue weighted by Gasteiger charge is -2.06. The zero-order valence-corrected chi connectivity index (χ0v) is 10.5. The van der Waals surface area contributed by atoms with Crippen molar-refractivity contribution < 1.29 is 14.1 Å². The molecule has 0 radical (unpaired) electrons. The minimum absolute atomic E-state index is 0.0672. The Morgan fingerprint density at radius 2 is 2.11 bits per heavy atom. The van der Waals surface area contributed by atoms with Gasteiger partial charge in [-0.1, -0.05) is 17.7 Å². The SMILES string of the molecule is Cc1ccc(Oc2cc([N+](=O)[O-])cc(Cl)n2)cc1F. The average Bonchev–Trinajstić information content (AvgIpc) is 2.33. The van der Waals surface area contributed by atoms with E-state index in [9.17, 15) is 14.5 Å². The van der Waals surface area contributed by atoms with Crippen LogP contribution in [0.3, 0.4) is 0 Å². The topological polar surface area (TPSA) is 65.3 Å². The first kappa shape index (κ1) is 13.2. The molecule has 19 heavy (non-hydrogen) atoms. The minimum atomic E-state index is -0.615. The number of nitro groups is 1. The van der Waals surface area contributed by atoms with Gasteiger partial charge in [-0.15, -0.1) is 0 Å². The molecule has 0 atom stereocenters. The molecule has 7 heteroatoms. The van der Waals surface area contributed by atoms with E-state index in [0.29, 0.717) is 5.56 Å². The molecular formula is C12H8ClFN2O3. The molecule has 0 aliphatic rings. The monoisotopic (exact) mass is 282 g/mol. The zero-order valence-electron chi connectivity index (χ0n) is 9.76. The van der Waals surface area contributed by atoms with Gasteiger partial charge in [0.15, 0.2) is 0 Å². The molecule has 2 rings (SSSR count). The van der Waals surface area contributed by atoms with E-state index in [1.807, 2.05) is 0 Å². The van der Waals surface area contributed by atoms with Crippen molar-refractivity contribution in [3.05, 3.63) is 57.0 Å². The van der Waals surface area contributed by atoms with Crippen LogP contribution in [0.5, 0.6) is 11.6 Å². The van der Waals surface area contributed by atoms with Crippen LogP contribution in [0.2, 0.25) is 5.15 Å². The van der Waals surface area contributed by atoms with E-state index >= 15 is 0 Å². The quantitative estimate of drug-likeness (QED) is 0.487. The van der Waals surface area contributed by atoms with E-state index in [2.05, 4.69) is 4.98 Å². The molecule has 5 nitrogen and oxygen atoms in total. The molecule has 98 valence electrons. The molecule has 0 aliphatic carbocycles. The van der Waals surface area contributed by atoms with Crippen molar-refractivity contribution >= 4 is 17.3 Å². The van der Waals surface area contributed by atoms with Gasteiger partial charge in [0.1, 0.15) is 16.7 Å². The van der Waals surface area contributed by atoms with Gasteiger partial charge in [-0.3, -0.25) is 10.1 Å². The highest BCUT2D eigenvalue weighted by atomic mass is 35.5. The van der Waals surface area contributed by atoms with E-state index in [0.717, 1.165) is 12.1 Å². The molecule has 0 bridgehead atoms. The van der Waals surface area contributed by atoms with Crippen LogP contribution < -0.4 is 4.74 Å². The molecule has 0 N–H and O–H groups in total. The maximum absolute atomic E-state index is 13.3. The Bertz CT molecular complexity index is 649. The molecule has 0 fully saturated rings. The van der Waals surface area contributed by atoms with Crippen molar-refractivity contribution in [2.24, 2.45) is 0 Å². The summed E-state index contributed by atoms with van der Waals surface area (Å²) in [4.78, 5) is 13.8. The van der Waals surface area contributed by atoms with E-state index in [-0.39, 0.29) is 22.5 Å². The van der Waals surface area contributed by atoms with Crippen LogP contribution in [0, 0.1) is 22.9 Å². The number of nitrogens with zero attached hydrogens (tertiary/aromatic N) is 2. The predicted molar refractivity (Wildman–Crippen MR) is 67.1 cm³/mol. The van der Waals surface area contributed by atoms with Crippen molar-refractivity contribution in [2.45, 2.75) is 6.92 Å². The molecule has 0 saturated carbocycles. The molecule has 1 aromatic carbocycles. The van der Waals surface area contributed by atoms with E-state index in [1.54, 1.807) is 6.92 Å². The van der Waals surface area contributed by atoms with Crippen molar-refractivity contribution in [3.63, 3.8) is 0 Å². The summed E-state index contributed by atoms with van der Waals surface area (Å²) in [6.45, 7) is 1.61. The molecule has 0 amide bonds. The Kier molecular flexibility index (Phi) is 3.62. The predicted octanol–water partition coefficient (Wildman–Crippen LogP) is 3.88. The highest BCUT2D eigenvalue weighted by Gasteiger charge is 2.12. The lowest BCUT2D eigenvalue weighted by atomic mass is 10.2. The van der Waals surface area contributed by atoms with Gasteiger partial charge >= 0.3 is 0 Å². The molecule has 1 aromatic heterocycles. The number of pyridine rings is 1. The largest absolute Gasteiger partial charge is 0.439 e. The molecule has 2 aromatic rings. The molecule has 1 heterocycles. The third-order valence-electron chi connectivity index (χ3n) is 2.33. The van der Waals surface area contributed by atoms with Crippen molar-refractivity contribution in [2.75, 3.05) is 0 Å². The molecule has 0 spiro atoms. The number of aryl methyl sites for hydroxylation is 1. The number of hydrogen-bond donors (Lipinski definition) is 0. The van der Waals surface area contributed by atoms with Crippen LogP contribution in [0.15, 0.2) is 30.3 Å². The first-order valence-electron chi connectivity index (χ1n) is 5.21. The van der Waals surface area contributed by atoms with Crippen LogP contribution >= 0.6 is 11.6 Å². The fourth-order valence-corrected chi connectivity index (χ4v) is 1.57. The van der Waals surface area contributed by atoms with Crippen LogP contribution in [-0.2, 0) is 0 Å². The number of benzene rings is 1. The Hall–Kier alpha value is -2.21. The zero-order chi connectivity index (χ0) is 14.0. The highest BCUT2D eigenvalue weighted by Crippen LogP contribution is 2.27. The van der Waals surface area contributed by atoms with Crippen LogP contribution in [0.4, 0.5) is 10.1 Å².